The molecule has 0 heterocycles. The fourth-order valence-corrected chi connectivity index (χ4v) is 3.45. The molecule has 0 aliphatic heterocycles. The normalized spacial score (nSPS) is 15.5. The van der Waals surface area contributed by atoms with Crippen LogP contribution >= 0.6 is 0 Å². The van der Waals surface area contributed by atoms with Crippen LogP contribution < -0.4 is 0 Å². The minimum Gasteiger partial charge on any atom is -0.229 e. The van der Waals surface area contributed by atoms with Crippen molar-refractivity contribution in [3.63, 3.8) is 0 Å². The molecule has 1 rings (SSSR count). The average Bonchev–Trinajstić information content (AvgIpc) is 2.56. The monoisotopic (exact) mass is 303 g/mol. The van der Waals surface area contributed by atoms with Gasteiger partial charge in [-0.25, -0.2) is 5.11 Å². The molecule has 0 saturated heterocycles. The number of hydrogen-bond acceptors (Lipinski definition) is 0. The van der Waals surface area contributed by atoms with Gasteiger partial charge in [0.2, 0.25) is 0 Å². The van der Waals surface area contributed by atoms with Crippen LogP contribution in [0.5, 0.6) is 0 Å². The van der Waals surface area contributed by atoms with Crippen molar-refractivity contribution in [1.29, 1.82) is 0 Å². The summed E-state index contributed by atoms with van der Waals surface area (Å²) in [5.74, 6) is 0.171. The Balaban J connectivity index is 2.73. The maximum absolute atomic E-state index is 13.5. The molecular formula is C21H35O. The van der Waals surface area contributed by atoms with Gasteiger partial charge in [0.1, 0.15) is 5.60 Å². The van der Waals surface area contributed by atoms with Crippen molar-refractivity contribution in [3.8, 4) is 0 Å². The second-order valence-electron chi connectivity index (χ2n) is 6.69. The van der Waals surface area contributed by atoms with E-state index in [0.29, 0.717) is 0 Å². The molecule has 1 heteroatoms. The zero-order valence-electron chi connectivity index (χ0n) is 14.9. The van der Waals surface area contributed by atoms with Crippen LogP contribution in [0.25, 0.3) is 0 Å². The lowest BCUT2D eigenvalue weighted by atomic mass is 9.74. The molecule has 0 bridgehead atoms. The Morgan fingerprint density at radius 2 is 1.50 bits per heavy atom. The summed E-state index contributed by atoms with van der Waals surface area (Å²) < 4.78 is 0. The van der Waals surface area contributed by atoms with Gasteiger partial charge in [-0.15, -0.1) is 0 Å². The highest BCUT2D eigenvalue weighted by Gasteiger charge is 2.36. The molecule has 0 amide bonds. The lowest BCUT2D eigenvalue weighted by Crippen LogP contribution is -2.34. The van der Waals surface area contributed by atoms with Gasteiger partial charge >= 0.3 is 0 Å². The van der Waals surface area contributed by atoms with Crippen LogP contribution in [-0.2, 0) is 5.11 Å². The van der Waals surface area contributed by atoms with Gasteiger partial charge in [-0.05, 0) is 24.8 Å². The summed E-state index contributed by atoms with van der Waals surface area (Å²) in [6.07, 6.45) is 11.1. The topological polar surface area (TPSA) is 19.9 Å². The maximum atomic E-state index is 13.5. The molecule has 125 valence electrons. The van der Waals surface area contributed by atoms with E-state index in [0.717, 1.165) is 32.1 Å². The van der Waals surface area contributed by atoms with Crippen LogP contribution in [0.1, 0.15) is 96.5 Å². The Morgan fingerprint density at radius 3 is 2.09 bits per heavy atom. The van der Waals surface area contributed by atoms with Crippen molar-refractivity contribution in [3.05, 3.63) is 35.9 Å². The molecule has 0 spiro atoms. The molecule has 22 heavy (non-hydrogen) atoms. The van der Waals surface area contributed by atoms with E-state index in [1.165, 1.54) is 37.7 Å². The smallest absolute Gasteiger partial charge is 0.110 e. The van der Waals surface area contributed by atoms with Crippen molar-refractivity contribution >= 4 is 0 Å². The Morgan fingerprint density at radius 1 is 0.864 bits per heavy atom. The molecular weight excluding hydrogens is 268 g/mol. The molecule has 1 aromatic rings. The number of unbranched alkanes of at least 4 members (excludes halogenated alkanes) is 5. The summed E-state index contributed by atoms with van der Waals surface area (Å²) in [6.45, 7) is 6.53. The SMILES string of the molecule is CCCCCCCC([O])(CC)C(CCCC)c1ccccc1. The highest BCUT2D eigenvalue weighted by atomic mass is 16.3. The average molecular weight is 304 g/mol. The van der Waals surface area contributed by atoms with Gasteiger partial charge in [0.25, 0.3) is 0 Å². The van der Waals surface area contributed by atoms with Crippen molar-refractivity contribution in [2.75, 3.05) is 0 Å². The quantitative estimate of drug-likeness (QED) is 0.374. The van der Waals surface area contributed by atoms with Crippen LogP contribution in [-0.4, -0.2) is 5.60 Å². The van der Waals surface area contributed by atoms with Crippen molar-refractivity contribution in [1.82, 2.24) is 0 Å². The second-order valence-corrected chi connectivity index (χ2v) is 6.69. The van der Waals surface area contributed by atoms with E-state index in [-0.39, 0.29) is 5.92 Å². The second kappa shape index (κ2) is 10.8. The first-order valence-electron chi connectivity index (χ1n) is 9.43. The fourth-order valence-electron chi connectivity index (χ4n) is 3.45. The summed E-state index contributed by atoms with van der Waals surface area (Å²) in [6, 6.07) is 10.5. The standard InChI is InChI=1S/C21H35O/c1-4-7-9-10-14-18-21(22,6-3)20(17-8-5-2)19-15-12-11-13-16-19/h11-13,15-16,20H,4-10,14,17-18H2,1-3H3. The van der Waals surface area contributed by atoms with Gasteiger partial charge in [0.15, 0.2) is 0 Å². The van der Waals surface area contributed by atoms with Gasteiger partial charge in [0, 0.05) is 5.92 Å². The Hall–Kier alpha value is -0.820. The minimum absolute atomic E-state index is 0.171. The van der Waals surface area contributed by atoms with E-state index in [2.05, 4.69) is 45.0 Å². The summed E-state index contributed by atoms with van der Waals surface area (Å²) in [5, 5.41) is 13.5. The van der Waals surface area contributed by atoms with E-state index in [4.69, 9.17) is 0 Å². The Labute approximate surface area is 138 Å². The van der Waals surface area contributed by atoms with E-state index >= 15 is 0 Å². The number of hydrogen-bond donors (Lipinski definition) is 0. The fraction of sp³-hybridized carbons (Fsp3) is 0.714. The summed E-state index contributed by atoms with van der Waals surface area (Å²) in [5.41, 5.74) is 0.462. The van der Waals surface area contributed by atoms with Crippen molar-refractivity contribution in [2.45, 2.75) is 96.5 Å². The molecule has 0 aliphatic carbocycles. The van der Waals surface area contributed by atoms with Gasteiger partial charge in [-0.3, -0.25) is 0 Å². The predicted molar refractivity (Wildman–Crippen MR) is 95.8 cm³/mol. The molecule has 0 N–H and O–H groups in total. The molecule has 0 aliphatic rings. The van der Waals surface area contributed by atoms with Crippen LogP contribution in [0.15, 0.2) is 30.3 Å². The first-order valence-corrected chi connectivity index (χ1v) is 9.43. The predicted octanol–water partition coefficient (Wildman–Crippen LogP) is 6.90. The van der Waals surface area contributed by atoms with Crippen LogP contribution in [0.4, 0.5) is 0 Å². The third-order valence-electron chi connectivity index (χ3n) is 4.99. The van der Waals surface area contributed by atoms with Gasteiger partial charge in [0.05, 0.1) is 0 Å². The van der Waals surface area contributed by atoms with Gasteiger partial charge < -0.3 is 0 Å². The molecule has 2 atom stereocenters. The Bertz CT molecular complexity index is 373. The molecule has 0 aromatic heterocycles. The van der Waals surface area contributed by atoms with E-state index in [1.807, 2.05) is 6.07 Å². The van der Waals surface area contributed by atoms with Crippen molar-refractivity contribution in [2.24, 2.45) is 0 Å². The van der Waals surface area contributed by atoms with E-state index in [9.17, 15) is 5.11 Å². The lowest BCUT2D eigenvalue weighted by Gasteiger charge is -2.34. The third kappa shape index (κ3) is 6.12. The highest BCUT2D eigenvalue weighted by Crippen LogP contribution is 2.39. The van der Waals surface area contributed by atoms with Crippen molar-refractivity contribution < 1.29 is 5.11 Å². The van der Waals surface area contributed by atoms with Gasteiger partial charge in [-0.1, -0.05) is 96.0 Å². The molecule has 2 unspecified atom stereocenters. The van der Waals surface area contributed by atoms with E-state index < -0.39 is 5.60 Å². The highest BCUT2D eigenvalue weighted by molar-refractivity contribution is 5.23. The first kappa shape index (κ1) is 19.2. The van der Waals surface area contributed by atoms with Gasteiger partial charge in [-0.2, -0.15) is 0 Å². The zero-order chi connectivity index (χ0) is 16.3. The molecule has 0 saturated carbocycles. The third-order valence-corrected chi connectivity index (χ3v) is 4.99. The minimum atomic E-state index is -0.789. The van der Waals surface area contributed by atoms with Crippen LogP contribution in [0, 0.1) is 0 Å². The van der Waals surface area contributed by atoms with Crippen LogP contribution in [0.3, 0.4) is 0 Å². The molecule has 1 aromatic carbocycles. The number of rotatable bonds is 12. The lowest BCUT2D eigenvalue weighted by molar-refractivity contribution is -0.0671. The Kier molecular flexibility index (Phi) is 9.47. The molecule has 0 fully saturated rings. The maximum Gasteiger partial charge on any atom is 0.110 e. The largest absolute Gasteiger partial charge is 0.229 e. The number of benzene rings is 1. The van der Waals surface area contributed by atoms with Crippen LogP contribution in [0.2, 0.25) is 0 Å². The summed E-state index contributed by atoms with van der Waals surface area (Å²) >= 11 is 0. The molecule has 1 nitrogen and oxygen atoms in total. The summed E-state index contributed by atoms with van der Waals surface area (Å²) in [4.78, 5) is 0. The summed E-state index contributed by atoms with van der Waals surface area (Å²) in [7, 11) is 0. The molecule has 1 radical (unpaired) electrons. The zero-order valence-corrected chi connectivity index (χ0v) is 14.9. The first-order chi connectivity index (χ1) is 10.7. The van der Waals surface area contributed by atoms with E-state index in [1.54, 1.807) is 0 Å².